The molecule has 34 heavy (non-hydrogen) atoms. The summed E-state index contributed by atoms with van der Waals surface area (Å²) in [6.45, 7) is 6.42. The zero-order valence-electron chi connectivity index (χ0n) is 19.3. The second kappa shape index (κ2) is 9.05. The minimum Gasteiger partial charge on any atom is -0.495 e. The van der Waals surface area contributed by atoms with E-state index in [1.54, 1.807) is 11.0 Å². The Morgan fingerprint density at radius 2 is 2.18 bits per heavy atom. The zero-order chi connectivity index (χ0) is 23.8. The third-order valence-corrected chi connectivity index (χ3v) is 7.03. The van der Waals surface area contributed by atoms with Gasteiger partial charge in [0.25, 0.3) is 0 Å². The van der Waals surface area contributed by atoms with Crippen LogP contribution in [0, 0.1) is 24.2 Å². The number of pyridine rings is 1. The van der Waals surface area contributed by atoms with Crippen molar-refractivity contribution in [2.45, 2.75) is 26.0 Å². The van der Waals surface area contributed by atoms with Crippen LogP contribution >= 0.6 is 0 Å². The van der Waals surface area contributed by atoms with Crippen molar-refractivity contribution in [3.05, 3.63) is 52.2 Å². The first-order valence-corrected chi connectivity index (χ1v) is 11.5. The van der Waals surface area contributed by atoms with Gasteiger partial charge in [0.1, 0.15) is 29.8 Å². The molecule has 0 radical (unpaired) electrons. The molecule has 2 aromatic rings. The van der Waals surface area contributed by atoms with Gasteiger partial charge in [-0.15, -0.1) is 0 Å². The molecular weight excluding hydrogens is 434 g/mol. The summed E-state index contributed by atoms with van der Waals surface area (Å²) in [5.41, 5.74) is 4.32. The van der Waals surface area contributed by atoms with E-state index >= 15 is 0 Å². The third kappa shape index (κ3) is 4.00. The van der Waals surface area contributed by atoms with Crippen molar-refractivity contribution < 1.29 is 19.1 Å². The Labute approximate surface area is 198 Å². The molecule has 0 spiro atoms. The topological polar surface area (TPSA) is 108 Å². The number of nitrogens with one attached hydrogen (secondary N) is 1. The van der Waals surface area contributed by atoms with E-state index in [9.17, 15) is 14.9 Å². The van der Waals surface area contributed by atoms with Crippen molar-refractivity contribution in [1.82, 2.24) is 15.2 Å². The van der Waals surface area contributed by atoms with E-state index < -0.39 is 0 Å². The first kappa shape index (κ1) is 22.3. The lowest BCUT2D eigenvalue weighted by atomic mass is 9.93. The van der Waals surface area contributed by atoms with Crippen molar-refractivity contribution in [2.24, 2.45) is 5.92 Å². The number of hydrogen-bond acceptors (Lipinski definition) is 8. The predicted octanol–water partition coefficient (Wildman–Crippen LogP) is 1.94. The fourth-order valence-corrected chi connectivity index (χ4v) is 5.25. The maximum absolute atomic E-state index is 12.8. The van der Waals surface area contributed by atoms with E-state index in [1.165, 1.54) is 18.9 Å². The number of carbonyl (C=O) groups is 2. The van der Waals surface area contributed by atoms with Crippen LogP contribution in [0.15, 0.2) is 24.4 Å². The lowest BCUT2D eigenvalue weighted by molar-refractivity contribution is -0.117. The van der Waals surface area contributed by atoms with Gasteiger partial charge in [-0.2, -0.15) is 5.26 Å². The standard InChI is InChI=1S/C25H27N5O4/c1-15-18(3-4-19-20(15)14-34-25(19)32)21-13-29(6-5-27-21)11-16-7-24(31)30(12-16)23-8-22(33-2)17(9-26)10-28-23/h3-4,8,10,16,21,27H,5-7,11-14H2,1-2H3. The van der Waals surface area contributed by atoms with Crippen LogP contribution in [0.5, 0.6) is 5.75 Å². The number of nitrogens with zero attached hydrogens (tertiary/aromatic N) is 4. The summed E-state index contributed by atoms with van der Waals surface area (Å²) >= 11 is 0. The molecule has 0 bridgehead atoms. The van der Waals surface area contributed by atoms with Crippen molar-refractivity contribution >= 4 is 17.7 Å². The number of esters is 1. The van der Waals surface area contributed by atoms with Gasteiger partial charge in [-0.3, -0.25) is 14.6 Å². The number of anilines is 1. The molecule has 2 unspecified atom stereocenters. The number of amides is 1. The number of piperazine rings is 1. The quantitative estimate of drug-likeness (QED) is 0.673. The first-order chi connectivity index (χ1) is 16.5. The van der Waals surface area contributed by atoms with Gasteiger partial charge >= 0.3 is 5.97 Å². The smallest absolute Gasteiger partial charge is 0.338 e. The fourth-order valence-electron chi connectivity index (χ4n) is 5.25. The monoisotopic (exact) mass is 461 g/mol. The molecule has 1 amide bonds. The van der Waals surface area contributed by atoms with Crippen LogP contribution < -0.4 is 15.0 Å². The fraction of sp³-hybridized carbons (Fsp3) is 0.440. The Balaban J connectivity index is 1.26. The van der Waals surface area contributed by atoms with Gasteiger partial charge in [-0.05, 0) is 30.0 Å². The van der Waals surface area contributed by atoms with Gasteiger partial charge in [-0.1, -0.05) is 6.07 Å². The van der Waals surface area contributed by atoms with Crippen molar-refractivity contribution in [3.63, 3.8) is 0 Å². The Hall–Kier alpha value is -3.48. The van der Waals surface area contributed by atoms with Gasteiger partial charge in [0.2, 0.25) is 5.91 Å². The Morgan fingerprint density at radius 1 is 1.32 bits per heavy atom. The molecule has 2 atom stereocenters. The number of cyclic esters (lactones) is 1. The number of benzene rings is 1. The SMILES string of the molecule is COc1cc(N2CC(CN3CCNC(c4ccc5c(c4C)COC5=O)C3)CC2=O)ncc1C#N. The number of aromatic nitrogens is 1. The predicted molar refractivity (Wildman–Crippen MR) is 123 cm³/mol. The summed E-state index contributed by atoms with van der Waals surface area (Å²) in [5, 5.41) is 12.8. The molecule has 9 nitrogen and oxygen atoms in total. The second-order valence-electron chi connectivity index (χ2n) is 9.08. The highest BCUT2D eigenvalue weighted by atomic mass is 16.5. The number of methoxy groups -OCH3 is 1. The van der Waals surface area contributed by atoms with Crippen molar-refractivity contribution in [1.29, 1.82) is 5.26 Å². The van der Waals surface area contributed by atoms with Gasteiger partial charge in [-0.25, -0.2) is 9.78 Å². The number of nitriles is 1. The summed E-state index contributed by atoms with van der Waals surface area (Å²) in [6, 6.07) is 7.78. The van der Waals surface area contributed by atoms with Crippen LogP contribution in [-0.2, 0) is 16.1 Å². The van der Waals surface area contributed by atoms with Crippen LogP contribution in [-0.4, -0.2) is 61.6 Å². The van der Waals surface area contributed by atoms with Crippen molar-refractivity contribution in [3.8, 4) is 11.8 Å². The van der Waals surface area contributed by atoms with Crippen molar-refractivity contribution in [2.75, 3.05) is 44.7 Å². The minimum absolute atomic E-state index is 0.0371. The lowest BCUT2D eigenvalue weighted by Crippen LogP contribution is -2.47. The normalized spacial score (nSPS) is 22.4. The molecule has 1 aromatic carbocycles. The maximum Gasteiger partial charge on any atom is 0.338 e. The molecule has 9 heteroatoms. The number of ether oxygens (including phenoxy) is 2. The Bertz CT molecular complexity index is 1190. The Kier molecular flexibility index (Phi) is 5.94. The zero-order valence-corrected chi connectivity index (χ0v) is 19.3. The molecule has 176 valence electrons. The summed E-state index contributed by atoms with van der Waals surface area (Å²) in [4.78, 5) is 33.0. The molecule has 0 saturated carbocycles. The highest BCUT2D eigenvalue weighted by molar-refractivity contribution is 5.95. The summed E-state index contributed by atoms with van der Waals surface area (Å²) in [6.07, 6.45) is 1.92. The van der Waals surface area contributed by atoms with Crippen LogP contribution in [0.2, 0.25) is 0 Å². The van der Waals surface area contributed by atoms with E-state index in [0.29, 0.717) is 42.3 Å². The molecule has 1 aromatic heterocycles. The number of hydrogen-bond donors (Lipinski definition) is 1. The summed E-state index contributed by atoms with van der Waals surface area (Å²) in [7, 11) is 1.50. The second-order valence-corrected chi connectivity index (χ2v) is 9.08. The molecule has 1 N–H and O–H groups in total. The van der Waals surface area contributed by atoms with Crippen LogP contribution in [0.1, 0.15) is 45.1 Å². The molecule has 2 saturated heterocycles. The number of carbonyl (C=O) groups excluding carboxylic acids is 2. The molecule has 5 rings (SSSR count). The van der Waals surface area contributed by atoms with Crippen LogP contribution in [0.4, 0.5) is 5.82 Å². The average molecular weight is 462 g/mol. The molecule has 3 aliphatic heterocycles. The van der Waals surface area contributed by atoms with E-state index in [2.05, 4.69) is 22.1 Å². The number of fused-ring (bicyclic) bond motifs is 1. The van der Waals surface area contributed by atoms with E-state index in [-0.39, 0.29) is 23.8 Å². The highest BCUT2D eigenvalue weighted by Gasteiger charge is 2.34. The van der Waals surface area contributed by atoms with Crippen LogP contribution in [0.25, 0.3) is 0 Å². The molecule has 4 heterocycles. The molecule has 3 aliphatic rings. The first-order valence-electron chi connectivity index (χ1n) is 11.5. The number of rotatable bonds is 5. The maximum atomic E-state index is 12.8. The van der Waals surface area contributed by atoms with Gasteiger partial charge in [0.05, 0.1) is 18.9 Å². The Morgan fingerprint density at radius 3 is 2.97 bits per heavy atom. The average Bonchev–Trinajstić information content (AvgIpc) is 3.41. The highest BCUT2D eigenvalue weighted by Crippen LogP contribution is 2.32. The third-order valence-electron chi connectivity index (χ3n) is 7.03. The van der Waals surface area contributed by atoms with E-state index in [0.717, 1.165) is 37.3 Å². The summed E-state index contributed by atoms with van der Waals surface area (Å²) in [5.74, 6) is 0.933. The molecular formula is C25H27N5O4. The largest absolute Gasteiger partial charge is 0.495 e. The van der Waals surface area contributed by atoms with E-state index in [4.69, 9.17) is 9.47 Å². The molecule has 2 fully saturated rings. The van der Waals surface area contributed by atoms with Gasteiger partial charge in [0, 0.05) is 56.8 Å². The lowest BCUT2D eigenvalue weighted by Gasteiger charge is -2.36. The van der Waals surface area contributed by atoms with E-state index in [1.807, 2.05) is 18.2 Å². The van der Waals surface area contributed by atoms with Crippen LogP contribution in [0.3, 0.4) is 0 Å². The molecule has 0 aliphatic carbocycles. The van der Waals surface area contributed by atoms with Gasteiger partial charge < -0.3 is 14.8 Å². The minimum atomic E-state index is -0.243. The summed E-state index contributed by atoms with van der Waals surface area (Å²) < 4.78 is 10.5. The van der Waals surface area contributed by atoms with Gasteiger partial charge in [0.15, 0.2) is 0 Å².